The minimum atomic E-state index is -0.641. The minimum absolute atomic E-state index is 0.0394. The highest BCUT2D eigenvalue weighted by atomic mass is 16.2. The van der Waals surface area contributed by atoms with Crippen molar-refractivity contribution in [3.05, 3.63) is 52.3 Å². The van der Waals surface area contributed by atoms with Gasteiger partial charge < -0.3 is 9.80 Å². The summed E-state index contributed by atoms with van der Waals surface area (Å²) in [6, 6.07) is 4.83. The van der Waals surface area contributed by atoms with Crippen LogP contribution in [0.25, 0.3) is 0 Å². The van der Waals surface area contributed by atoms with Gasteiger partial charge in [0.05, 0.1) is 0 Å². The molecule has 1 atom stereocenters. The lowest BCUT2D eigenvalue weighted by Crippen LogP contribution is -2.52. The van der Waals surface area contributed by atoms with Crippen LogP contribution in [0.15, 0.2) is 24.4 Å². The number of carbonyl (C=O) groups excluding carboxylic acids is 4. The molecule has 0 saturated carbocycles. The maximum absolute atomic E-state index is 13.0. The molecule has 1 aromatic carbocycles. The van der Waals surface area contributed by atoms with Crippen LogP contribution in [0.1, 0.15) is 63.2 Å². The number of imide groups is 1. The highest BCUT2D eigenvalue weighted by Gasteiger charge is 2.39. The number of piperidine rings is 2. The number of fused-ring (bicyclic) bond motifs is 1. The number of hydrogen-bond donors (Lipinski definition) is 1. The van der Waals surface area contributed by atoms with E-state index in [1.54, 1.807) is 15.6 Å². The predicted octanol–water partition coefficient (Wildman–Crippen LogP) is 1.39. The van der Waals surface area contributed by atoms with E-state index in [9.17, 15) is 19.2 Å². The molecule has 4 amide bonds. The van der Waals surface area contributed by atoms with Gasteiger partial charge in [0, 0.05) is 61.9 Å². The number of hydrogen-bond acceptors (Lipinski definition) is 5. The summed E-state index contributed by atoms with van der Waals surface area (Å²) in [4.78, 5) is 53.0. The number of aromatic nitrogens is 2. The van der Waals surface area contributed by atoms with Gasteiger partial charge in [0.1, 0.15) is 6.04 Å². The highest BCUT2D eigenvalue weighted by molar-refractivity contribution is 6.05. The molecule has 2 fully saturated rings. The standard InChI is InChI=1S/C26H27N5O4/c1-16-14-29(2)28-23(16)26(35)30-12-10-17(11-13-30)6-7-18-4-3-5-19-20(18)15-31(25(19)34)21-8-9-22(32)27-24(21)33/h3-5,14,17,21H,8-13,15H2,1-2H3,(H,27,32,33). The monoisotopic (exact) mass is 473 g/mol. The van der Waals surface area contributed by atoms with E-state index in [-0.39, 0.29) is 30.1 Å². The smallest absolute Gasteiger partial charge is 0.274 e. The number of amides is 4. The average molecular weight is 474 g/mol. The van der Waals surface area contributed by atoms with Crippen LogP contribution in [0.5, 0.6) is 0 Å². The molecule has 2 saturated heterocycles. The molecule has 9 heteroatoms. The molecule has 5 rings (SSSR count). The lowest BCUT2D eigenvalue weighted by Gasteiger charge is -2.29. The van der Waals surface area contributed by atoms with Gasteiger partial charge in [-0.25, -0.2) is 0 Å². The Morgan fingerprint density at radius 2 is 1.91 bits per heavy atom. The Morgan fingerprint density at radius 3 is 2.60 bits per heavy atom. The fourth-order valence-corrected chi connectivity index (χ4v) is 5.08. The van der Waals surface area contributed by atoms with Gasteiger partial charge in [0.2, 0.25) is 11.8 Å². The Balaban J connectivity index is 1.26. The van der Waals surface area contributed by atoms with Crippen LogP contribution in [0.3, 0.4) is 0 Å². The first-order valence-electron chi connectivity index (χ1n) is 11.9. The third-order valence-electron chi connectivity index (χ3n) is 6.99. The second-order valence-corrected chi connectivity index (χ2v) is 9.40. The topological polar surface area (TPSA) is 105 Å². The van der Waals surface area contributed by atoms with E-state index >= 15 is 0 Å². The summed E-state index contributed by atoms with van der Waals surface area (Å²) < 4.78 is 1.66. The number of nitrogens with one attached hydrogen (secondary N) is 1. The summed E-state index contributed by atoms with van der Waals surface area (Å²) in [5, 5.41) is 6.62. The summed E-state index contributed by atoms with van der Waals surface area (Å²) >= 11 is 0. The minimum Gasteiger partial charge on any atom is -0.337 e. The van der Waals surface area contributed by atoms with Crippen LogP contribution in [-0.4, -0.2) is 62.3 Å². The van der Waals surface area contributed by atoms with Gasteiger partial charge in [-0.1, -0.05) is 17.9 Å². The lowest BCUT2D eigenvalue weighted by molar-refractivity contribution is -0.136. The molecular formula is C26H27N5O4. The van der Waals surface area contributed by atoms with Crippen molar-refractivity contribution >= 4 is 23.6 Å². The van der Waals surface area contributed by atoms with E-state index in [1.807, 2.05) is 37.2 Å². The van der Waals surface area contributed by atoms with E-state index < -0.39 is 11.9 Å². The molecule has 1 unspecified atom stereocenters. The largest absolute Gasteiger partial charge is 0.337 e. The summed E-state index contributed by atoms with van der Waals surface area (Å²) in [7, 11) is 1.81. The summed E-state index contributed by atoms with van der Waals surface area (Å²) in [6.45, 7) is 3.45. The van der Waals surface area contributed by atoms with Crippen LogP contribution in [0, 0.1) is 24.7 Å². The highest BCUT2D eigenvalue weighted by Crippen LogP contribution is 2.29. The summed E-state index contributed by atoms with van der Waals surface area (Å²) in [6.07, 6.45) is 3.96. The van der Waals surface area contributed by atoms with Crippen molar-refractivity contribution in [3.8, 4) is 11.8 Å². The van der Waals surface area contributed by atoms with Crippen molar-refractivity contribution in [2.24, 2.45) is 13.0 Å². The molecule has 35 heavy (non-hydrogen) atoms. The molecule has 0 radical (unpaired) electrons. The Kier molecular flexibility index (Phi) is 5.89. The molecule has 0 spiro atoms. The number of rotatable bonds is 2. The van der Waals surface area contributed by atoms with Crippen molar-refractivity contribution < 1.29 is 19.2 Å². The zero-order valence-corrected chi connectivity index (χ0v) is 19.8. The molecule has 3 aliphatic heterocycles. The molecular weight excluding hydrogens is 446 g/mol. The summed E-state index contributed by atoms with van der Waals surface area (Å²) in [5.41, 5.74) is 3.55. The maximum atomic E-state index is 13.0. The Labute approximate surface area is 203 Å². The van der Waals surface area contributed by atoms with Gasteiger partial charge in [-0.05, 0) is 43.9 Å². The van der Waals surface area contributed by atoms with Gasteiger partial charge in [0.15, 0.2) is 5.69 Å². The van der Waals surface area contributed by atoms with Gasteiger partial charge in [0.25, 0.3) is 11.8 Å². The van der Waals surface area contributed by atoms with Crippen LogP contribution in [0.4, 0.5) is 0 Å². The third-order valence-corrected chi connectivity index (χ3v) is 6.99. The molecule has 1 N–H and O–H groups in total. The van der Waals surface area contributed by atoms with Gasteiger partial charge in [-0.3, -0.25) is 29.2 Å². The van der Waals surface area contributed by atoms with Crippen molar-refractivity contribution in [2.45, 2.75) is 45.2 Å². The Morgan fingerprint density at radius 1 is 1.14 bits per heavy atom. The van der Waals surface area contributed by atoms with E-state index in [0.717, 1.165) is 29.5 Å². The first-order chi connectivity index (χ1) is 16.8. The van der Waals surface area contributed by atoms with Crippen LogP contribution < -0.4 is 5.32 Å². The molecule has 2 aromatic rings. The average Bonchev–Trinajstić information content (AvgIpc) is 3.36. The van der Waals surface area contributed by atoms with Gasteiger partial charge in [-0.15, -0.1) is 0 Å². The van der Waals surface area contributed by atoms with Gasteiger partial charge in [-0.2, -0.15) is 5.10 Å². The Bertz CT molecular complexity index is 1290. The second-order valence-electron chi connectivity index (χ2n) is 9.40. The van der Waals surface area contributed by atoms with Crippen LogP contribution in [0.2, 0.25) is 0 Å². The van der Waals surface area contributed by atoms with E-state index in [1.165, 1.54) is 0 Å². The predicted molar refractivity (Wildman–Crippen MR) is 126 cm³/mol. The molecule has 0 aliphatic carbocycles. The van der Waals surface area contributed by atoms with Crippen LogP contribution >= 0.6 is 0 Å². The normalized spacial score (nSPS) is 20.4. The van der Waals surface area contributed by atoms with Crippen molar-refractivity contribution in [3.63, 3.8) is 0 Å². The fraction of sp³-hybridized carbons (Fsp3) is 0.423. The molecule has 0 bridgehead atoms. The quantitative estimate of drug-likeness (QED) is 0.524. The van der Waals surface area contributed by atoms with Crippen molar-refractivity contribution in [2.75, 3.05) is 13.1 Å². The van der Waals surface area contributed by atoms with E-state index in [0.29, 0.717) is 37.3 Å². The number of carbonyl (C=O) groups is 4. The van der Waals surface area contributed by atoms with Crippen molar-refractivity contribution in [1.29, 1.82) is 0 Å². The zero-order chi connectivity index (χ0) is 24.7. The number of benzene rings is 1. The van der Waals surface area contributed by atoms with E-state index in [4.69, 9.17) is 0 Å². The fourth-order valence-electron chi connectivity index (χ4n) is 5.08. The third kappa shape index (κ3) is 4.32. The SMILES string of the molecule is Cc1cn(C)nc1C(=O)N1CCC(C#Cc2cccc3c2CN(C2CCC(=O)NC2=O)C3=O)CC1. The van der Waals surface area contributed by atoms with Crippen LogP contribution in [-0.2, 0) is 23.2 Å². The first kappa shape index (κ1) is 22.8. The lowest BCUT2D eigenvalue weighted by atomic mass is 9.96. The molecule has 1 aromatic heterocycles. The molecule has 180 valence electrons. The number of likely N-dealkylation sites (tertiary alicyclic amines) is 1. The van der Waals surface area contributed by atoms with Crippen molar-refractivity contribution in [1.82, 2.24) is 24.9 Å². The molecule has 9 nitrogen and oxygen atoms in total. The molecule has 4 heterocycles. The zero-order valence-electron chi connectivity index (χ0n) is 19.8. The molecule has 3 aliphatic rings. The van der Waals surface area contributed by atoms with Gasteiger partial charge >= 0.3 is 0 Å². The summed E-state index contributed by atoms with van der Waals surface area (Å²) in [5.74, 6) is 5.80. The number of aryl methyl sites for hydroxylation is 2. The first-order valence-corrected chi connectivity index (χ1v) is 11.9. The maximum Gasteiger partial charge on any atom is 0.274 e. The Hall–Kier alpha value is -3.93. The number of nitrogens with zero attached hydrogens (tertiary/aromatic N) is 4. The second kappa shape index (κ2) is 9.02. The van der Waals surface area contributed by atoms with E-state index in [2.05, 4.69) is 22.3 Å².